The van der Waals surface area contributed by atoms with Crippen LogP contribution in [0.25, 0.3) is 0 Å². The maximum atomic E-state index is 12.5. The van der Waals surface area contributed by atoms with Crippen molar-refractivity contribution < 1.29 is 9.53 Å². The van der Waals surface area contributed by atoms with Crippen LogP contribution < -0.4 is 11.1 Å². The maximum Gasteiger partial charge on any atom is 0.240 e. The second-order valence-electron chi connectivity index (χ2n) is 4.79. The van der Waals surface area contributed by atoms with E-state index in [4.69, 9.17) is 10.5 Å². The van der Waals surface area contributed by atoms with Gasteiger partial charge in [-0.25, -0.2) is 0 Å². The van der Waals surface area contributed by atoms with Crippen LogP contribution in [-0.4, -0.2) is 49.7 Å². The molecule has 0 saturated carbocycles. The van der Waals surface area contributed by atoms with Gasteiger partial charge in [0, 0.05) is 31.1 Å². The Hall–Kier alpha value is -0.950. The smallest absolute Gasteiger partial charge is 0.240 e. The van der Waals surface area contributed by atoms with Gasteiger partial charge in [-0.3, -0.25) is 4.79 Å². The molecule has 1 aliphatic rings. The summed E-state index contributed by atoms with van der Waals surface area (Å²) in [6, 6.07) is 3.99. The highest BCUT2D eigenvalue weighted by atomic mass is 32.1. The maximum absolute atomic E-state index is 12.5. The number of carbonyl (C=O) groups excluding carboxylic acids is 1. The molecule has 2 rings (SSSR count). The van der Waals surface area contributed by atoms with Gasteiger partial charge < -0.3 is 20.7 Å². The Bertz CT molecular complexity index is 397. The largest absolute Gasteiger partial charge is 0.383 e. The minimum Gasteiger partial charge on any atom is -0.383 e. The number of rotatable bonds is 6. The minimum atomic E-state index is -0.146. The molecule has 0 radical (unpaired) electrons. The van der Waals surface area contributed by atoms with Crippen LogP contribution in [0.1, 0.15) is 11.3 Å². The second-order valence-corrected chi connectivity index (χ2v) is 5.82. The molecule has 3 N–H and O–H groups in total. The highest BCUT2D eigenvalue weighted by Crippen LogP contribution is 2.15. The zero-order chi connectivity index (χ0) is 13.7. The van der Waals surface area contributed by atoms with Crippen LogP contribution in [0.2, 0.25) is 0 Å². The van der Waals surface area contributed by atoms with E-state index in [1.165, 1.54) is 4.88 Å². The highest BCUT2D eigenvalue weighted by molar-refractivity contribution is 7.09. The van der Waals surface area contributed by atoms with Crippen LogP contribution in [0.4, 0.5) is 0 Å². The average molecular weight is 283 g/mol. The molecule has 19 heavy (non-hydrogen) atoms. The van der Waals surface area contributed by atoms with E-state index >= 15 is 0 Å². The molecule has 106 valence electrons. The third-order valence-electron chi connectivity index (χ3n) is 3.27. The van der Waals surface area contributed by atoms with E-state index in [2.05, 4.69) is 5.32 Å². The SMILES string of the molecule is COCCN(Cc1cccs1)C(=O)[C@@H]1C[C@@H](N)CN1. The molecule has 0 bridgehead atoms. The summed E-state index contributed by atoms with van der Waals surface area (Å²) in [6.07, 6.45) is 0.715. The van der Waals surface area contributed by atoms with Crippen LogP contribution in [-0.2, 0) is 16.1 Å². The molecule has 0 spiro atoms. The summed E-state index contributed by atoms with van der Waals surface area (Å²) in [5.41, 5.74) is 5.84. The lowest BCUT2D eigenvalue weighted by molar-refractivity contribution is -0.134. The number of amides is 1. The predicted molar refractivity (Wildman–Crippen MR) is 76.0 cm³/mol. The number of nitrogens with one attached hydrogen (secondary N) is 1. The van der Waals surface area contributed by atoms with Crippen molar-refractivity contribution in [3.05, 3.63) is 22.4 Å². The molecule has 2 heterocycles. The summed E-state index contributed by atoms with van der Waals surface area (Å²) >= 11 is 1.67. The van der Waals surface area contributed by atoms with Gasteiger partial charge in [0.1, 0.15) is 0 Å². The van der Waals surface area contributed by atoms with E-state index in [1.807, 2.05) is 22.4 Å². The van der Waals surface area contributed by atoms with Crippen molar-refractivity contribution in [1.82, 2.24) is 10.2 Å². The van der Waals surface area contributed by atoms with Crippen molar-refractivity contribution in [1.29, 1.82) is 0 Å². The normalized spacial score (nSPS) is 22.6. The molecule has 0 aliphatic carbocycles. The molecule has 0 aromatic carbocycles. The Kier molecular flexibility index (Phi) is 5.33. The van der Waals surface area contributed by atoms with Crippen LogP contribution in [0.15, 0.2) is 17.5 Å². The molecule has 1 aromatic rings. The summed E-state index contributed by atoms with van der Waals surface area (Å²) in [5, 5.41) is 5.21. The molecule has 6 heteroatoms. The van der Waals surface area contributed by atoms with E-state index in [0.717, 1.165) is 0 Å². The Balaban J connectivity index is 1.97. The van der Waals surface area contributed by atoms with Crippen molar-refractivity contribution in [2.24, 2.45) is 5.73 Å². The lowest BCUT2D eigenvalue weighted by atomic mass is 10.1. The second kappa shape index (κ2) is 7.00. The fraction of sp³-hybridized carbons (Fsp3) is 0.615. The van der Waals surface area contributed by atoms with Gasteiger partial charge in [-0.2, -0.15) is 0 Å². The standard InChI is InChI=1S/C13H21N3O2S/c1-18-5-4-16(9-11-3-2-6-19-11)13(17)12-7-10(14)8-15-12/h2-3,6,10,12,15H,4-5,7-9,14H2,1H3/t10-,12+/m1/s1. The van der Waals surface area contributed by atoms with E-state index < -0.39 is 0 Å². The monoisotopic (exact) mass is 283 g/mol. The molecular weight excluding hydrogens is 262 g/mol. The first-order valence-corrected chi connectivity index (χ1v) is 7.37. The van der Waals surface area contributed by atoms with Gasteiger partial charge in [0.15, 0.2) is 0 Å². The molecule has 2 atom stereocenters. The van der Waals surface area contributed by atoms with Crippen LogP contribution in [0.5, 0.6) is 0 Å². The quantitative estimate of drug-likeness (QED) is 0.793. The Morgan fingerprint density at radius 2 is 2.53 bits per heavy atom. The van der Waals surface area contributed by atoms with Crippen molar-refractivity contribution in [2.45, 2.75) is 25.0 Å². The lowest BCUT2D eigenvalue weighted by Crippen LogP contribution is -2.44. The Morgan fingerprint density at radius 3 is 3.11 bits per heavy atom. The summed E-state index contributed by atoms with van der Waals surface area (Å²) in [4.78, 5) is 15.5. The molecule has 1 saturated heterocycles. The Labute approximate surface area is 117 Å². The van der Waals surface area contributed by atoms with Crippen molar-refractivity contribution >= 4 is 17.2 Å². The number of hydrogen-bond donors (Lipinski definition) is 2. The van der Waals surface area contributed by atoms with Crippen molar-refractivity contribution in [2.75, 3.05) is 26.8 Å². The molecule has 1 fully saturated rings. The number of methoxy groups -OCH3 is 1. The number of hydrogen-bond acceptors (Lipinski definition) is 5. The zero-order valence-electron chi connectivity index (χ0n) is 11.2. The highest BCUT2D eigenvalue weighted by Gasteiger charge is 2.30. The first kappa shape index (κ1) is 14.5. The van der Waals surface area contributed by atoms with Crippen molar-refractivity contribution in [3.8, 4) is 0 Å². The van der Waals surface area contributed by atoms with Crippen LogP contribution >= 0.6 is 11.3 Å². The third-order valence-corrected chi connectivity index (χ3v) is 4.13. The fourth-order valence-electron chi connectivity index (χ4n) is 2.23. The van der Waals surface area contributed by atoms with E-state index in [1.54, 1.807) is 18.4 Å². The predicted octanol–water partition coefficient (Wildman–Crippen LogP) is 0.412. The first-order valence-electron chi connectivity index (χ1n) is 6.49. The number of thiophene rings is 1. The number of nitrogens with two attached hydrogens (primary N) is 1. The van der Waals surface area contributed by atoms with E-state index in [9.17, 15) is 4.79 Å². The molecular formula is C13H21N3O2S. The third kappa shape index (κ3) is 4.01. The van der Waals surface area contributed by atoms with Crippen molar-refractivity contribution in [3.63, 3.8) is 0 Å². The summed E-state index contributed by atoms with van der Waals surface area (Å²) < 4.78 is 5.09. The van der Waals surface area contributed by atoms with Gasteiger partial charge in [0.2, 0.25) is 5.91 Å². The van der Waals surface area contributed by atoms with Gasteiger partial charge in [-0.15, -0.1) is 11.3 Å². The van der Waals surface area contributed by atoms with Gasteiger partial charge in [0.25, 0.3) is 0 Å². The van der Waals surface area contributed by atoms with Gasteiger partial charge in [-0.05, 0) is 17.9 Å². The lowest BCUT2D eigenvalue weighted by Gasteiger charge is -2.25. The summed E-state index contributed by atoms with van der Waals surface area (Å²) in [7, 11) is 1.65. The van der Waals surface area contributed by atoms with Gasteiger partial charge >= 0.3 is 0 Å². The number of carbonyl (C=O) groups is 1. The Morgan fingerprint density at radius 1 is 1.68 bits per heavy atom. The molecule has 0 unspecified atom stereocenters. The number of ether oxygens (including phenoxy) is 1. The van der Waals surface area contributed by atoms with E-state index in [0.29, 0.717) is 32.7 Å². The molecule has 1 amide bonds. The zero-order valence-corrected chi connectivity index (χ0v) is 12.0. The van der Waals surface area contributed by atoms with Gasteiger partial charge in [-0.1, -0.05) is 6.07 Å². The van der Waals surface area contributed by atoms with Crippen LogP contribution in [0.3, 0.4) is 0 Å². The topological polar surface area (TPSA) is 67.6 Å². The summed E-state index contributed by atoms with van der Waals surface area (Å²) in [5.74, 6) is 0.124. The molecule has 5 nitrogen and oxygen atoms in total. The number of nitrogens with zero attached hydrogens (tertiary/aromatic N) is 1. The molecule has 1 aromatic heterocycles. The average Bonchev–Trinajstić information content (AvgIpc) is 3.05. The fourth-order valence-corrected chi connectivity index (χ4v) is 2.95. The molecule has 1 aliphatic heterocycles. The van der Waals surface area contributed by atoms with Gasteiger partial charge in [0.05, 0.1) is 19.2 Å². The summed E-state index contributed by atoms with van der Waals surface area (Å²) in [6.45, 7) is 2.53. The first-order chi connectivity index (χ1) is 9.20. The van der Waals surface area contributed by atoms with E-state index in [-0.39, 0.29) is 18.0 Å². The minimum absolute atomic E-state index is 0.0833. The van der Waals surface area contributed by atoms with Crippen LogP contribution in [0, 0.1) is 0 Å².